The number of urea groups is 1. The molecule has 116 valence electrons. The summed E-state index contributed by atoms with van der Waals surface area (Å²) in [7, 11) is 0. The number of rotatable bonds is 2. The van der Waals surface area contributed by atoms with Crippen LogP contribution >= 0.6 is 0 Å². The van der Waals surface area contributed by atoms with Crippen molar-refractivity contribution in [1.29, 1.82) is 0 Å². The molecule has 3 rings (SSSR count). The third kappa shape index (κ3) is 2.94. The lowest BCUT2D eigenvalue weighted by Gasteiger charge is -2.38. The SMILES string of the molecule is O=C1CNC(C(=O)N2CCC(N3CCNC3=O)CC2)CN1. The highest BCUT2D eigenvalue weighted by Gasteiger charge is 2.34. The number of hydrogen-bond acceptors (Lipinski definition) is 4. The molecule has 1 unspecified atom stereocenters. The van der Waals surface area contributed by atoms with Gasteiger partial charge in [-0.15, -0.1) is 0 Å². The molecule has 0 aromatic heterocycles. The molecule has 3 aliphatic heterocycles. The Balaban J connectivity index is 1.50. The van der Waals surface area contributed by atoms with Crippen molar-refractivity contribution in [3.05, 3.63) is 0 Å². The summed E-state index contributed by atoms with van der Waals surface area (Å²) in [6, 6.07) is -0.0821. The minimum Gasteiger partial charge on any atom is -0.353 e. The molecule has 8 nitrogen and oxygen atoms in total. The number of nitrogens with one attached hydrogen (secondary N) is 3. The van der Waals surface area contributed by atoms with Gasteiger partial charge in [0, 0.05) is 38.8 Å². The minimum absolute atomic E-state index is 0.0106. The van der Waals surface area contributed by atoms with Crippen molar-refractivity contribution in [2.45, 2.75) is 24.9 Å². The molecule has 0 saturated carbocycles. The molecule has 0 radical (unpaired) electrons. The third-order valence-electron chi connectivity index (χ3n) is 4.42. The first-order valence-electron chi connectivity index (χ1n) is 7.48. The van der Waals surface area contributed by atoms with E-state index in [1.165, 1.54) is 0 Å². The Bertz CT molecular complexity index is 437. The largest absolute Gasteiger partial charge is 0.353 e. The number of piperazine rings is 1. The Hall–Kier alpha value is -1.83. The minimum atomic E-state index is -0.325. The lowest BCUT2D eigenvalue weighted by atomic mass is 10.0. The Labute approximate surface area is 123 Å². The van der Waals surface area contributed by atoms with Crippen molar-refractivity contribution in [2.24, 2.45) is 0 Å². The zero-order chi connectivity index (χ0) is 14.8. The Morgan fingerprint density at radius 1 is 1.10 bits per heavy atom. The van der Waals surface area contributed by atoms with E-state index in [9.17, 15) is 14.4 Å². The van der Waals surface area contributed by atoms with E-state index >= 15 is 0 Å². The normalized spacial score (nSPS) is 27.5. The fourth-order valence-corrected chi connectivity index (χ4v) is 3.19. The van der Waals surface area contributed by atoms with Gasteiger partial charge in [0.2, 0.25) is 11.8 Å². The standard InChI is InChI=1S/C13H21N5O3/c19-11-8-15-10(7-16-11)12(20)17-4-1-9(2-5-17)18-6-3-14-13(18)21/h9-10,15H,1-8H2,(H,14,21)(H,16,19). The molecule has 3 heterocycles. The molecule has 0 bridgehead atoms. The van der Waals surface area contributed by atoms with Gasteiger partial charge in [0.1, 0.15) is 6.04 Å². The third-order valence-corrected chi connectivity index (χ3v) is 4.42. The van der Waals surface area contributed by atoms with Gasteiger partial charge in [-0.1, -0.05) is 0 Å². The van der Waals surface area contributed by atoms with Crippen LogP contribution in [-0.4, -0.2) is 79.0 Å². The van der Waals surface area contributed by atoms with Gasteiger partial charge >= 0.3 is 6.03 Å². The maximum Gasteiger partial charge on any atom is 0.317 e. The van der Waals surface area contributed by atoms with Crippen LogP contribution in [0.5, 0.6) is 0 Å². The molecule has 0 aromatic rings. The van der Waals surface area contributed by atoms with E-state index in [0.29, 0.717) is 26.2 Å². The number of carbonyl (C=O) groups excluding carboxylic acids is 3. The second-order valence-corrected chi connectivity index (χ2v) is 5.72. The second kappa shape index (κ2) is 5.88. The Morgan fingerprint density at radius 3 is 2.43 bits per heavy atom. The number of carbonyl (C=O) groups is 3. The highest BCUT2D eigenvalue weighted by Crippen LogP contribution is 2.18. The van der Waals surface area contributed by atoms with Crippen LogP contribution in [0.1, 0.15) is 12.8 Å². The highest BCUT2D eigenvalue weighted by molar-refractivity contribution is 5.86. The summed E-state index contributed by atoms with van der Waals surface area (Å²) in [4.78, 5) is 38.8. The number of hydrogen-bond donors (Lipinski definition) is 3. The lowest BCUT2D eigenvalue weighted by Crippen LogP contribution is -2.60. The molecule has 1 atom stereocenters. The van der Waals surface area contributed by atoms with Gasteiger partial charge in [0.05, 0.1) is 6.54 Å². The van der Waals surface area contributed by atoms with E-state index in [0.717, 1.165) is 19.4 Å². The van der Waals surface area contributed by atoms with Crippen molar-refractivity contribution in [1.82, 2.24) is 25.8 Å². The van der Waals surface area contributed by atoms with Gasteiger partial charge in [-0.2, -0.15) is 0 Å². The molecule has 3 saturated heterocycles. The Kier molecular flexibility index (Phi) is 3.96. The lowest BCUT2D eigenvalue weighted by molar-refractivity contribution is -0.136. The predicted molar refractivity (Wildman–Crippen MR) is 74.5 cm³/mol. The number of piperidine rings is 1. The molecule has 0 aliphatic carbocycles. The van der Waals surface area contributed by atoms with Crippen LogP contribution in [0.4, 0.5) is 4.79 Å². The van der Waals surface area contributed by atoms with E-state index in [-0.39, 0.29) is 36.5 Å². The van der Waals surface area contributed by atoms with Crippen molar-refractivity contribution < 1.29 is 14.4 Å². The van der Waals surface area contributed by atoms with Gasteiger partial charge in [0.25, 0.3) is 0 Å². The fraction of sp³-hybridized carbons (Fsp3) is 0.769. The van der Waals surface area contributed by atoms with Crippen molar-refractivity contribution in [3.63, 3.8) is 0 Å². The summed E-state index contributed by atoms with van der Waals surface area (Å²) in [5.74, 6) is -0.0304. The first kappa shape index (κ1) is 14.1. The number of amides is 4. The van der Waals surface area contributed by atoms with Crippen LogP contribution in [0.25, 0.3) is 0 Å². The first-order valence-corrected chi connectivity index (χ1v) is 7.48. The zero-order valence-corrected chi connectivity index (χ0v) is 11.9. The van der Waals surface area contributed by atoms with E-state index in [1.807, 2.05) is 9.80 Å². The molecular formula is C13H21N5O3. The fourth-order valence-electron chi connectivity index (χ4n) is 3.19. The van der Waals surface area contributed by atoms with Gasteiger partial charge < -0.3 is 20.4 Å². The van der Waals surface area contributed by atoms with Gasteiger partial charge in [-0.25, -0.2) is 4.79 Å². The highest BCUT2D eigenvalue weighted by atomic mass is 16.2. The van der Waals surface area contributed by atoms with E-state index in [4.69, 9.17) is 0 Å². The molecule has 3 N–H and O–H groups in total. The molecule has 3 fully saturated rings. The van der Waals surface area contributed by atoms with Crippen LogP contribution in [0, 0.1) is 0 Å². The summed E-state index contributed by atoms with van der Waals surface area (Å²) < 4.78 is 0. The number of likely N-dealkylation sites (tertiary alicyclic amines) is 1. The summed E-state index contributed by atoms with van der Waals surface area (Å²) in [6.07, 6.45) is 1.64. The summed E-state index contributed by atoms with van der Waals surface area (Å²) in [6.45, 7) is 3.35. The monoisotopic (exact) mass is 295 g/mol. The maximum atomic E-state index is 12.4. The molecular weight excluding hydrogens is 274 g/mol. The maximum absolute atomic E-state index is 12.4. The molecule has 0 spiro atoms. The van der Waals surface area contributed by atoms with Gasteiger partial charge in [0.15, 0.2) is 0 Å². The topological polar surface area (TPSA) is 93.8 Å². The first-order chi connectivity index (χ1) is 10.1. The number of nitrogens with zero attached hydrogens (tertiary/aromatic N) is 2. The molecule has 0 aromatic carbocycles. The average molecular weight is 295 g/mol. The molecule has 21 heavy (non-hydrogen) atoms. The van der Waals surface area contributed by atoms with E-state index in [2.05, 4.69) is 16.0 Å². The predicted octanol–water partition coefficient (Wildman–Crippen LogP) is -1.91. The van der Waals surface area contributed by atoms with Crippen LogP contribution in [-0.2, 0) is 9.59 Å². The summed E-state index contributed by atoms with van der Waals surface area (Å²) in [5.41, 5.74) is 0. The zero-order valence-electron chi connectivity index (χ0n) is 11.9. The van der Waals surface area contributed by atoms with Gasteiger partial charge in [-0.3, -0.25) is 14.9 Å². The quantitative estimate of drug-likeness (QED) is 0.554. The van der Waals surface area contributed by atoms with Gasteiger partial charge in [-0.05, 0) is 12.8 Å². The average Bonchev–Trinajstić information content (AvgIpc) is 2.94. The van der Waals surface area contributed by atoms with E-state index < -0.39 is 0 Å². The van der Waals surface area contributed by atoms with Crippen molar-refractivity contribution in [3.8, 4) is 0 Å². The van der Waals surface area contributed by atoms with Crippen molar-refractivity contribution in [2.75, 3.05) is 39.3 Å². The summed E-state index contributed by atoms with van der Waals surface area (Å²) in [5, 5.41) is 8.48. The second-order valence-electron chi connectivity index (χ2n) is 5.72. The van der Waals surface area contributed by atoms with Crippen LogP contribution < -0.4 is 16.0 Å². The van der Waals surface area contributed by atoms with Crippen LogP contribution in [0.2, 0.25) is 0 Å². The smallest absolute Gasteiger partial charge is 0.317 e. The van der Waals surface area contributed by atoms with E-state index in [1.54, 1.807) is 0 Å². The molecule has 8 heteroatoms. The summed E-state index contributed by atoms with van der Waals surface area (Å²) >= 11 is 0. The molecule has 3 aliphatic rings. The Morgan fingerprint density at radius 2 is 1.86 bits per heavy atom. The van der Waals surface area contributed by atoms with Crippen LogP contribution in [0.15, 0.2) is 0 Å². The van der Waals surface area contributed by atoms with Crippen molar-refractivity contribution >= 4 is 17.8 Å². The van der Waals surface area contributed by atoms with Crippen LogP contribution in [0.3, 0.4) is 0 Å². The molecule has 4 amide bonds.